The number of ether oxygens (including phenoxy) is 5. The van der Waals surface area contributed by atoms with E-state index in [1.165, 1.54) is 21.3 Å². The molecule has 5 aromatic rings. The molecule has 0 saturated carbocycles. The fourth-order valence-electron chi connectivity index (χ4n) is 9.39. The number of alkyl halides is 1. The molecule has 0 unspecified atom stereocenters. The highest BCUT2D eigenvalue weighted by molar-refractivity contribution is 14.1. The van der Waals surface area contributed by atoms with Crippen molar-refractivity contribution in [3.05, 3.63) is 65.9 Å². The van der Waals surface area contributed by atoms with Crippen LogP contribution in [0.15, 0.2) is 48.7 Å². The number of H-pyrrole nitrogens is 2. The summed E-state index contributed by atoms with van der Waals surface area (Å²) in [5.41, 5.74) is 6.44. The number of halogens is 1. The SMILES string of the molecule is CCC[C@H](I)N(Cc1nc2ccc3cc4c(cc3c2[nH]1)OCc1cc(-c2cnc([C@@H]3CC[C@H](C)N3C(=O)[C@@H](NC(=O)OC)[C@@H](C)OC)[nH]2)ccc1-4)C(=O)[C@@H](NC(=O)OC)C1CCOCC1. The fourth-order valence-corrected chi connectivity index (χ4v) is 10.5. The summed E-state index contributed by atoms with van der Waals surface area (Å²) in [7, 11) is 4.07. The molecule has 6 atom stereocenters. The summed E-state index contributed by atoms with van der Waals surface area (Å²) in [4.78, 5) is 73.4. The van der Waals surface area contributed by atoms with Crippen molar-refractivity contribution in [2.24, 2.45) is 5.92 Å². The second-order valence-electron chi connectivity index (χ2n) is 17.1. The third-order valence-corrected chi connectivity index (χ3v) is 14.3. The number of aromatic nitrogens is 4. The van der Waals surface area contributed by atoms with Crippen molar-refractivity contribution in [2.45, 2.75) is 107 Å². The number of nitrogens with one attached hydrogen (secondary N) is 4. The molecule has 3 aliphatic rings. The minimum atomic E-state index is -0.930. The number of likely N-dealkylation sites (tertiary alicyclic amines) is 1. The first-order valence-electron chi connectivity index (χ1n) is 22.3. The maximum atomic E-state index is 14.4. The monoisotopic (exact) mass is 1000 g/mol. The van der Waals surface area contributed by atoms with Crippen molar-refractivity contribution in [1.82, 2.24) is 40.4 Å². The maximum Gasteiger partial charge on any atom is 0.407 e. The number of alkyl carbamates (subject to hydrolysis) is 2. The zero-order chi connectivity index (χ0) is 45.9. The minimum absolute atomic E-state index is 0.0749. The Hall–Kier alpha value is -5.47. The van der Waals surface area contributed by atoms with E-state index in [9.17, 15) is 19.2 Å². The first kappa shape index (κ1) is 46.1. The largest absolute Gasteiger partial charge is 0.488 e. The van der Waals surface area contributed by atoms with E-state index in [-0.39, 0.29) is 40.4 Å². The standard InChI is InChI=1S/C47H57IN8O9/c1-7-8-38(48)55(44(57)41(54-47(60)63-6)27-15-17-64-18-16-27)23-39-50-34-13-11-28-20-33-31-12-10-29(19-30(31)24-65-37(33)21-32(28)42(34)52-39)35-22-49-43(51-35)36-14-9-25(2)56(36)45(58)40(26(3)61-4)53-46(59)62-5/h10-13,19-22,25-27,36,38,40-41H,7-9,14-18,23-24H2,1-6H3,(H,49,51)(H,50,52)(H,53,59)(H,54,60)/t25-,26+,36-,38+,40-,41-/m0/s1. The molecule has 5 heterocycles. The zero-order valence-electron chi connectivity index (χ0n) is 37.6. The van der Waals surface area contributed by atoms with Gasteiger partial charge in [-0.3, -0.25) is 9.59 Å². The van der Waals surface area contributed by atoms with Crippen LogP contribution in [0.4, 0.5) is 9.59 Å². The van der Waals surface area contributed by atoms with Crippen molar-refractivity contribution in [1.29, 1.82) is 0 Å². The van der Waals surface area contributed by atoms with Gasteiger partial charge in [0.25, 0.3) is 0 Å². The normalized spacial score (nSPS) is 19.1. The van der Waals surface area contributed by atoms with Gasteiger partial charge in [0, 0.05) is 37.3 Å². The summed E-state index contributed by atoms with van der Waals surface area (Å²) in [6.45, 7) is 7.49. The number of methoxy groups -OCH3 is 3. The van der Waals surface area contributed by atoms with Gasteiger partial charge in [-0.25, -0.2) is 19.6 Å². The molecular weight excluding hydrogens is 947 g/mol. The highest BCUT2D eigenvalue weighted by atomic mass is 127. The summed E-state index contributed by atoms with van der Waals surface area (Å²) < 4.78 is 27.1. The third-order valence-electron chi connectivity index (χ3n) is 13.0. The molecule has 0 bridgehead atoms. The molecule has 0 radical (unpaired) electrons. The first-order valence-corrected chi connectivity index (χ1v) is 23.5. The van der Waals surface area contributed by atoms with Crippen molar-refractivity contribution in [2.75, 3.05) is 34.5 Å². The van der Waals surface area contributed by atoms with E-state index in [4.69, 9.17) is 33.7 Å². The molecule has 4 N–H and O–H groups in total. The molecule has 2 aromatic heterocycles. The second kappa shape index (κ2) is 20.0. The summed E-state index contributed by atoms with van der Waals surface area (Å²) in [5.74, 6) is 1.56. The molecular formula is C47H57IN8O9. The molecule has 17 nitrogen and oxygen atoms in total. The molecule has 8 rings (SSSR count). The van der Waals surface area contributed by atoms with Gasteiger partial charge in [-0.1, -0.05) is 54.1 Å². The fraction of sp³-hybridized carbons (Fsp3) is 0.489. The number of nitrogens with zero attached hydrogens (tertiary/aromatic N) is 4. The number of hydrogen-bond donors (Lipinski definition) is 4. The van der Waals surface area contributed by atoms with Crippen LogP contribution >= 0.6 is 22.6 Å². The molecule has 3 aliphatic heterocycles. The predicted octanol–water partition coefficient (Wildman–Crippen LogP) is 7.52. The first-order chi connectivity index (χ1) is 31.4. The minimum Gasteiger partial charge on any atom is -0.488 e. The summed E-state index contributed by atoms with van der Waals surface area (Å²) in [6, 6.07) is 12.5. The summed E-state index contributed by atoms with van der Waals surface area (Å²) in [5, 5.41) is 7.45. The molecule has 2 saturated heterocycles. The molecule has 18 heteroatoms. The van der Waals surface area contributed by atoms with Crippen molar-refractivity contribution >= 4 is 68.4 Å². The smallest absolute Gasteiger partial charge is 0.407 e. The summed E-state index contributed by atoms with van der Waals surface area (Å²) in [6.07, 6.45) is 4.35. The van der Waals surface area contributed by atoms with Gasteiger partial charge in [0.2, 0.25) is 11.8 Å². The van der Waals surface area contributed by atoms with E-state index in [1.807, 2.05) is 17.9 Å². The van der Waals surface area contributed by atoms with Crippen molar-refractivity contribution < 1.29 is 42.9 Å². The number of rotatable bonds is 14. The Balaban J connectivity index is 1.03. The quantitative estimate of drug-likeness (QED) is 0.0487. The van der Waals surface area contributed by atoms with Crippen LogP contribution in [-0.2, 0) is 41.7 Å². The Morgan fingerprint density at radius 3 is 2.48 bits per heavy atom. The molecule has 4 amide bonds. The van der Waals surface area contributed by atoms with Gasteiger partial charge < -0.3 is 54.1 Å². The molecule has 346 valence electrons. The van der Waals surface area contributed by atoms with Crippen LogP contribution in [0.1, 0.15) is 82.6 Å². The number of benzene rings is 3. The Bertz CT molecular complexity index is 2560. The van der Waals surface area contributed by atoms with Crippen LogP contribution in [0.5, 0.6) is 5.75 Å². The van der Waals surface area contributed by atoms with E-state index >= 15 is 0 Å². The predicted molar refractivity (Wildman–Crippen MR) is 251 cm³/mol. The molecule has 0 aliphatic carbocycles. The Labute approximate surface area is 391 Å². The Morgan fingerprint density at radius 2 is 1.74 bits per heavy atom. The van der Waals surface area contributed by atoms with E-state index in [1.54, 1.807) is 18.0 Å². The van der Waals surface area contributed by atoms with Crippen LogP contribution in [0.25, 0.3) is 44.2 Å². The molecule has 65 heavy (non-hydrogen) atoms. The Morgan fingerprint density at radius 1 is 0.969 bits per heavy atom. The zero-order valence-corrected chi connectivity index (χ0v) is 39.7. The van der Waals surface area contributed by atoms with Gasteiger partial charge in [-0.15, -0.1) is 0 Å². The summed E-state index contributed by atoms with van der Waals surface area (Å²) >= 11 is 2.32. The number of aromatic amines is 2. The number of fused-ring (bicyclic) bond motifs is 6. The lowest BCUT2D eigenvalue weighted by Crippen LogP contribution is -2.55. The highest BCUT2D eigenvalue weighted by Crippen LogP contribution is 2.43. The molecule has 3 aromatic carbocycles. The van der Waals surface area contributed by atoms with E-state index in [0.29, 0.717) is 50.7 Å². The average Bonchev–Trinajstić information content (AvgIpc) is 4.09. The highest BCUT2D eigenvalue weighted by Gasteiger charge is 2.42. The van der Waals surface area contributed by atoms with Crippen LogP contribution in [-0.4, -0.2) is 117 Å². The number of carbonyl (C=O) groups excluding carboxylic acids is 4. The molecule has 2 fully saturated rings. The lowest BCUT2D eigenvalue weighted by Gasteiger charge is -2.35. The van der Waals surface area contributed by atoms with Crippen LogP contribution < -0.4 is 15.4 Å². The number of imidazole rings is 2. The number of amides is 4. The lowest BCUT2D eigenvalue weighted by molar-refractivity contribution is -0.139. The van der Waals surface area contributed by atoms with Gasteiger partial charge in [0.1, 0.15) is 36.1 Å². The van der Waals surface area contributed by atoms with Gasteiger partial charge in [0.05, 0.1) is 59.9 Å². The van der Waals surface area contributed by atoms with E-state index in [0.717, 1.165) is 74.8 Å². The number of carbonyl (C=O) groups is 4. The second-order valence-corrected chi connectivity index (χ2v) is 18.5. The maximum absolute atomic E-state index is 14.4. The van der Waals surface area contributed by atoms with Gasteiger partial charge in [-0.2, -0.15) is 0 Å². The van der Waals surface area contributed by atoms with Crippen LogP contribution in [0, 0.1) is 5.92 Å². The average molecular weight is 1000 g/mol. The topological polar surface area (TPSA) is 202 Å². The van der Waals surface area contributed by atoms with Gasteiger partial charge in [0.15, 0.2) is 0 Å². The molecule has 0 spiro atoms. The van der Waals surface area contributed by atoms with Gasteiger partial charge >= 0.3 is 12.2 Å². The lowest BCUT2D eigenvalue weighted by atomic mass is 9.90. The van der Waals surface area contributed by atoms with Crippen molar-refractivity contribution in [3.63, 3.8) is 0 Å². The van der Waals surface area contributed by atoms with E-state index < -0.39 is 30.4 Å². The Kier molecular flexibility index (Phi) is 14.1. The van der Waals surface area contributed by atoms with E-state index in [2.05, 4.69) is 86.5 Å². The third kappa shape index (κ3) is 9.47. The van der Waals surface area contributed by atoms with Crippen molar-refractivity contribution in [3.8, 4) is 28.1 Å². The van der Waals surface area contributed by atoms with Crippen LogP contribution in [0.2, 0.25) is 0 Å². The van der Waals surface area contributed by atoms with Crippen LogP contribution in [0.3, 0.4) is 0 Å². The van der Waals surface area contributed by atoms with Gasteiger partial charge in [-0.05, 0) is 98.2 Å². The number of hydrogen-bond acceptors (Lipinski definition) is 11.